The molecule has 0 atom stereocenters. The maximum Gasteiger partial charge on any atom is 0.255 e. The molecular weight excluding hydrogens is 298 g/mol. The second-order valence-corrected chi connectivity index (χ2v) is 5.50. The lowest BCUT2D eigenvalue weighted by atomic mass is 10.0. The lowest BCUT2D eigenvalue weighted by Gasteiger charge is -2.09. The summed E-state index contributed by atoms with van der Waals surface area (Å²) in [5.41, 5.74) is 4.04. The Morgan fingerprint density at radius 3 is 2.50 bits per heavy atom. The lowest BCUT2D eigenvalue weighted by Crippen LogP contribution is -2.09. The van der Waals surface area contributed by atoms with Crippen molar-refractivity contribution in [1.29, 1.82) is 0 Å². The van der Waals surface area contributed by atoms with Gasteiger partial charge < -0.3 is 10.3 Å². The van der Waals surface area contributed by atoms with Crippen LogP contribution in [0.25, 0.3) is 22.0 Å². The van der Waals surface area contributed by atoms with Crippen LogP contribution in [-0.2, 0) is 0 Å². The number of H-pyrrole nitrogens is 1. The summed E-state index contributed by atoms with van der Waals surface area (Å²) < 4.78 is 0. The second-order valence-electron chi connectivity index (χ2n) is 5.50. The van der Waals surface area contributed by atoms with E-state index in [1.165, 1.54) is 0 Å². The van der Waals surface area contributed by atoms with Gasteiger partial charge in [0.15, 0.2) is 0 Å². The molecule has 0 saturated carbocycles. The Kier molecular flexibility index (Phi) is 3.56. The molecule has 0 amide bonds. The summed E-state index contributed by atoms with van der Waals surface area (Å²) in [6, 6.07) is 21.4. The fourth-order valence-corrected chi connectivity index (χ4v) is 2.77. The Labute approximate surface area is 138 Å². The number of nitrogens with zero attached hydrogens (tertiary/aromatic N) is 1. The standard InChI is InChI=1S/C20H15N3O/c24-20-18(16-10-11-21-19-9-5-4-8-17(16)19)12-15(13-22-20)23-14-6-2-1-3-7-14/h1-13,23H,(H,22,24). The third-order valence-electron chi connectivity index (χ3n) is 3.90. The zero-order valence-electron chi connectivity index (χ0n) is 12.9. The molecule has 0 aliphatic carbocycles. The Bertz CT molecular complexity index is 1050. The molecule has 4 rings (SSSR count). The zero-order valence-corrected chi connectivity index (χ0v) is 12.9. The molecule has 0 fully saturated rings. The summed E-state index contributed by atoms with van der Waals surface area (Å²) in [6.45, 7) is 0. The van der Waals surface area contributed by atoms with Crippen molar-refractivity contribution >= 4 is 22.3 Å². The summed E-state index contributed by atoms with van der Waals surface area (Å²) in [6.07, 6.45) is 3.41. The van der Waals surface area contributed by atoms with Crippen LogP contribution >= 0.6 is 0 Å². The summed E-state index contributed by atoms with van der Waals surface area (Å²) in [7, 11) is 0. The molecule has 116 valence electrons. The van der Waals surface area contributed by atoms with Gasteiger partial charge in [0.1, 0.15) is 0 Å². The minimum Gasteiger partial charge on any atom is -0.354 e. The SMILES string of the molecule is O=c1[nH]cc(Nc2ccccc2)cc1-c1ccnc2ccccc12. The molecule has 4 nitrogen and oxygen atoms in total. The first-order valence-electron chi connectivity index (χ1n) is 7.70. The van der Waals surface area contributed by atoms with Gasteiger partial charge in [0.05, 0.1) is 11.2 Å². The van der Waals surface area contributed by atoms with E-state index in [0.717, 1.165) is 27.8 Å². The van der Waals surface area contributed by atoms with Crippen LogP contribution in [0.15, 0.2) is 83.9 Å². The third-order valence-corrected chi connectivity index (χ3v) is 3.90. The fourth-order valence-electron chi connectivity index (χ4n) is 2.77. The Morgan fingerprint density at radius 2 is 1.62 bits per heavy atom. The first-order valence-corrected chi connectivity index (χ1v) is 7.70. The van der Waals surface area contributed by atoms with Crippen LogP contribution in [0.2, 0.25) is 0 Å². The third kappa shape index (κ3) is 2.65. The summed E-state index contributed by atoms with van der Waals surface area (Å²) in [5, 5.41) is 4.26. The predicted octanol–water partition coefficient (Wildman–Crippen LogP) is 4.33. The monoisotopic (exact) mass is 313 g/mol. The van der Waals surface area contributed by atoms with Gasteiger partial charge in [-0.1, -0.05) is 36.4 Å². The normalized spacial score (nSPS) is 10.7. The molecule has 0 radical (unpaired) electrons. The lowest BCUT2D eigenvalue weighted by molar-refractivity contribution is 1.24. The summed E-state index contributed by atoms with van der Waals surface area (Å²) in [5.74, 6) is 0. The van der Waals surface area contributed by atoms with Crippen molar-refractivity contribution in [2.75, 3.05) is 5.32 Å². The molecule has 0 spiro atoms. The van der Waals surface area contributed by atoms with Crippen molar-refractivity contribution in [3.8, 4) is 11.1 Å². The van der Waals surface area contributed by atoms with Gasteiger partial charge in [-0.3, -0.25) is 9.78 Å². The molecular formula is C20H15N3O. The van der Waals surface area contributed by atoms with E-state index in [0.29, 0.717) is 5.56 Å². The highest BCUT2D eigenvalue weighted by Crippen LogP contribution is 2.27. The summed E-state index contributed by atoms with van der Waals surface area (Å²) >= 11 is 0. The maximum atomic E-state index is 12.4. The number of aromatic nitrogens is 2. The number of aromatic amines is 1. The molecule has 0 aliphatic rings. The Hall–Kier alpha value is -3.40. The molecule has 2 aromatic heterocycles. The first kappa shape index (κ1) is 14.2. The van der Waals surface area contributed by atoms with E-state index in [4.69, 9.17) is 0 Å². The van der Waals surface area contributed by atoms with Gasteiger partial charge in [-0.25, -0.2) is 0 Å². The molecule has 0 aliphatic heterocycles. The van der Waals surface area contributed by atoms with Gasteiger partial charge in [-0.05, 0) is 35.9 Å². The highest BCUT2D eigenvalue weighted by Gasteiger charge is 2.09. The van der Waals surface area contributed by atoms with Gasteiger partial charge in [-0.2, -0.15) is 0 Å². The van der Waals surface area contributed by atoms with Crippen molar-refractivity contribution in [3.05, 3.63) is 89.5 Å². The number of fused-ring (bicyclic) bond motifs is 1. The molecule has 4 aromatic rings. The minimum atomic E-state index is -0.120. The molecule has 2 aromatic carbocycles. The van der Waals surface area contributed by atoms with E-state index in [2.05, 4.69) is 15.3 Å². The number of para-hydroxylation sites is 2. The number of rotatable bonds is 3. The van der Waals surface area contributed by atoms with Crippen LogP contribution < -0.4 is 10.9 Å². The molecule has 2 N–H and O–H groups in total. The van der Waals surface area contributed by atoms with Crippen LogP contribution in [-0.4, -0.2) is 9.97 Å². The summed E-state index contributed by atoms with van der Waals surface area (Å²) in [4.78, 5) is 19.5. The zero-order chi connectivity index (χ0) is 16.4. The van der Waals surface area contributed by atoms with Crippen LogP contribution in [0.5, 0.6) is 0 Å². The van der Waals surface area contributed by atoms with Gasteiger partial charge in [0.25, 0.3) is 5.56 Å². The maximum absolute atomic E-state index is 12.4. The molecule has 0 saturated heterocycles. The number of anilines is 2. The van der Waals surface area contributed by atoms with Crippen LogP contribution in [0.1, 0.15) is 0 Å². The number of hydrogen-bond acceptors (Lipinski definition) is 3. The highest BCUT2D eigenvalue weighted by molar-refractivity contribution is 5.94. The van der Waals surface area contributed by atoms with Crippen LogP contribution in [0.3, 0.4) is 0 Å². The van der Waals surface area contributed by atoms with Gasteiger partial charge >= 0.3 is 0 Å². The van der Waals surface area contributed by atoms with Crippen molar-refractivity contribution < 1.29 is 0 Å². The van der Waals surface area contributed by atoms with E-state index in [9.17, 15) is 4.79 Å². The van der Waals surface area contributed by atoms with Crippen LogP contribution in [0, 0.1) is 0 Å². The average Bonchev–Trinajstić information content (AvgIpc) is 2.64. The predicted molar refractivity (Wildman–Crippen MR) is 97.5 cm³/mol. The molecule has 0 unspecified atom stereocenters. The molecule has 0 bridgehead atoms. The molecule has 4 heteroatoms. The minimum absolute atomic E-state index is 0.120. The van der Waals surface area contributed by atoms with E-state index < -0.39 is 0 Å². The second kappa shape index (κ2) is 6.01. The largest absolute Gasteiger partial charge is 0.354 e. The smallest absolute Gasteiger partial charge is 0.255 e. The van der Waals surface area contributed by atoms with E-state index in [1.807, 2.05) is 66.7 Å². The topological polar surface area (TPSA) is 57.8 Å². The van der Waals surface area contributed by atoms with Crippen molar-refractivity contribution in [3.63, 3.8) is 0 Å². The first-order chi connectivity index (χ1) is 11.8. The van der Waals surface area contributed by atoms with E-state index in [-0.39, 0.29) is 5.56 Å². The quantitative estimate of drug-likeness (QED) is 0.592. The van der Waals surface area contributed by atoms with Crippen molar-refractivity contribution in [2.45, 2.75) is 0 Å². The van der Waals surface area contributed by atoms with Crippen molar-refractivity contribution in [1.82, 2.24) is 9.97 Å². The average molecular weight is 313 g/mol. The number of pyridine rings is 2. The Morgan fingerprint density at radius 1 is 0.833 bits per heavy atom. The fraction of sp³-hybridized carbons (Fsp3) is 0. The molecule has 24 heavy (non-hydrogen) atoms. The number of hydrogen-bond donors (Lipinski definition) is 2. The number of benzene rings is 2. The van der Waals surface area contributed by atoms with Crippen LogP contribution in [0.4, 0.5) is 11.4 Å². The van der Waals surface area contributed by atoms with E-state index >= 15 is 0 Å². The number of nitrogens with one attached hydrogen (secondary N) is 2. The highest BCUT2D eigenvalue weighted by atomic mass is 16.1. The van der Waals surface area contributed by atoms with Gasteiger partial charge in [-0.15, -0.1) is 0 Å². The van der Waals surface area contributed by atoms with Crippen molar-refractivity contribution in [2.24, 2.45) is 0 Å². The Balaban J connectivity index is 1.83. The molecule has 2 heterocycles. The van der Waals surface area contributed by atoms with Gasteiger partial charge in [0.2, 0.25) is 0 Å². The van der Waals surface area contributed by atoms with E-state index in [1.54, 1.807) is 12.4 Å². The van der Waals surface area contributed by atoms with Gasteiger partial charge in [0, 0.05) is 29.0 Å².